The van der Waals surface area contributed by atoms with Crippen molar-refractivity contribution in [2.24, 2.45) is 0 Å². The highest BCUT2D eigenvalue weighted by Gasteiger charge is 2.10. The maximum atomic E-state index is 11.6. The minimum absolute atomic E-state index is 0.227. The smallest absolute Gasteiger partial charge is 0.251 e. The zero-order chi connectivity index (χ0) is 12.5. The number of aromatic amines is 1. The Morgan fingerprint density at radius 2 is 2.17 bits per heavy atom. The van der Waals surface area contributed by atoms with Crippen LogP contribution in [0.3, 0.4) is 0 Å². The average Bonchev–Trinajstić information content (AvgIpc) is 2.98. The van der Waals surface area contributed by atoms with E-state index < -0.39 is 0 Å². The molecule has 3 aromatic heterocycles. The van der Waals surface area contributed by atoms with Crippen molar-refractivity contribution in [2.75, 3.05) is 0 Å². The molecule has 0 fully saturated rings. The molecular formula is C10H5ClN4OS2. The molecule has 0 bridgehead atoms. The fourth-order valence-electron chi connectivity index (χ4n) is 1.39. The van der Waals surface area contributed by atoms with Crippen molar-refractivity contribution in [3.63, 3.8) is 0 Å². The fraction of sp³-hybridized carbons (Fsp3) is 0. The molecule has 3 aromatic rings. The molecule has 18 heavy (non-hydrogen) atoms. The maximum absolute atomic E-state index is 11.6. The number of nitrogens with one attached hydrogen (secondary N) is 1. The van der Waals surface area contributed by atoms with Crippen LogP contribution in [0.4, 0.5) is 0 Å². The van der Waals surface area contributed by atoms with E-state index in [4.69, 9.17) is 11.6 Å². The molecule has 5 nitrogen and oxygen atoms in total. The summed E-state index contributed by atoms with van der Waals surface area (Å²) in [5.74, 6) is 0.419. The highest BCUT2D eigenvalue weighted by atomic mass is 35.5. The summed E-state index contributed by atoms with van der Waals surface area (Å²) < 4.78 is 0. The number of hydrogen-bond acceptors (Lipinski definition) is 6. The molecule has 0 aliphatic rings. The third kappa shape index (κ3) is 2.20. The lowest BCUT2D eigenvalue weighted by Gasteiger charge is -1.99. The molecule has 0 spiro atoms. The Balaban J connectivity index is 2.15. The predicted octanol–water partition coefficient (Wildman–Crippen LogP) is 2.67. The molecule has 1 N–H and O–H groups in total. The number of aromatic nitrogens is 4. The molecule has 90 valence electrons. The van der Waals surface area contributed by atoms with Gasteiger partial charge in [0.25, 0.3) is 5.56 Å². The molecule has 0 unspecified atom stereocenters. The van der Waals surface area contributed by atoms with E-state index in [1.807, 2.05) is 0 Å². The van der Waals surface area contributed by atoms with Crippen LogP contribution in [0.2, 0.25) is 5.15 Å². The van der Waals surface area contributed by atoms with Gasteiger partial charge in [-0.3, -0.25) is 9.78 Å². The zero-order valence-electron chi connectivity index (χ0n) is 8.75. The van der Waals surface area contributed by atoms with Gasteiger partial charge in [-0.1, -0.05) is 11.6 Å². The number of H-pyrrole nitrogens is 1. The number of halogens is 1. The lowest BCUT2D eigenvalue weighted by Crippen LogP contribution is -2.08. The molecule has 3 rings (SSSR count). The lowest BCUT2D eigenvalue weighted by molar-refractivity contribution is 1.12. The van der Waals surface area contributed by atoms with Crippen LogP contribution in [0.15, 0.2) is 27.9 Å². The van der Waals surface area contributed by atoms with Crippen LogP contribution in [0, 0.1) is 0 Å². The van der Waals surface area contributed by atoms with Gasteiger partial charge in [0.05, 0.1) is 16.1 Å². The SMILES string of the molecule is O=c1cc(-c2cncs2)nc(-c2nc(Cl)cs2)[nH]1. The molecule has 0 aliphatic carbocycles. The third-order valence-corrected chi connectivity index (χ3v) is 4.07. The molecule has 0 radical (unpaired) electrons. The summed E-state index contributed by atoms with van der Waals surface area (Å²) >= 11 is 8.51. The van der Waals surface area contributed by atoms with Crippen molar-refractivity contribution in [3.05, 3.63) is 38.7 Å². The molecule has 0 saturated carbocycles. The van der Waals surface area contributed by atoms with Crippen LogP contribution in [-0.2, 0) is 0 Å². The van der Waals surface area contributed by atoms with E-state index >= 15 is 0 Å². The summed E-state index contributed by atoms with van der Waals surface area (Å²) in [6.45, 7) is 0. The second-order valence-electron chi connectivity index (χ2n) is 3.32. The first-order chi connectivity index (χ1) is 8.72. The van der Waals surface area contributed by atoms with Gasteiger partial charge in [0.15, 0.2) is 10.8 Å². The second kappa shape index (κ2) is 4.60. The van der Waals surface area contributed by atoms with Crippen LogP contribution < -0.4 is 5.56 Å². The van der Waals surface area contributed by atoms with Gasteiger partial charge >= 0.3 is 0 Å². The lowest BCUT2D eigenvalue weighted by atomic mass is 10.3. The van der Waals surface area contributed by atoms with Crippen molar-refractivity contribution in [1.29, 1.82) is 0 Å². The number of hydrogen-bond donors (Lipinski definition) is 1. The Kier molecular flexibility index (Phi) is 2.94. The van der Waals surface area contributed by atoms with Gasteiger partial charge in [0.1, 0.15) is 5.15 Å². The van der Waals surface area contributed by atoms with Crippen LogP contribution >= 0.6 is 34.3 Å². The summed E-state index contributed by atoms with van der Waals surface area (Å²) in [6, 6.07) is 1.44. The highest BCUT2D eigenvalue weighted by Crippen LogP contribution is 2.25. The quantitative estimate of drug-likeness (QED) is 0.789. The normalized spacial score (nSPS) is 10.7. The van der Waals surface area contributed by atoms with Crippen molar-refractivity contribution in [1.82, 2.24) is 19.9 Å². The van der Waals surface area contributed by atoms with E-state index in [-0.39, 0.29) is 5.56 Å². The molecule has 0 amide bonds. The summed E-state index contributed by atoms with van der Waals surface area (Å²) in [7, 11) is 0. The summed E-state index contributed by atoms with van der Waals surface area (Å²) in [5, 5.41) is 2.67. The predicted molar refractivity (Wildman–Crippen MR) is 72.1 cm³/mol. The summed E-state index contributed by atoms with van der Waals surface area (Å²) in [6.07, 6.45) is 1.67. The van der Waals surface area contributed by atoms with E-state index in [0.717, 1.165) is 4.88 Å². The largest absolute Gasteiger partial charge is 0.304 e. The molecule has 8 heteroatoms. The first kappa shape index (κ1) is 11.5. The van der Waals surface area contributed by atoms with Gasteiger partial charge in [-0.2, -0.15) is 0 Å². The van der Waals surface area contributed by atoms with E-state index in [1.54, 1.807) is 17.1 Å². The summed E-state index contributed by atoms with van der Waals surface area (Å²) in [5.41, 5.74) is 2.05. The van der Waals surface area contributed by atoms with Gasteiger partial charge in [0.2, 0.25) is 0 Å². The fourth-order valence-corrected chi connectivity index (χ4v) is 2.86. The maximum Gasteiger partial charge on any atom is 0.251 e. The van der Waals surface area contributed by atoms with Crippen molar-refractivity contribution < 1.29 is 0 Å². The Morgan fingerprint density at radius 3 is 2.83 bits per heavy atom. The first-order valence-corrected chi connectivity index (χ1v) is 6.98. The number of nitrogens with zero attached hydrogens (tertiary/aromatic N) is 3. The molecule has 0 aliphatic heterocycles. The van der Waals surface area contributed by atoms with Crippen molar-refractivity contribution in [2.45, 2.75) is 0 Å². The number of thiazole rings is 2. The van der Waals surface area contributed by atoms with E-state index in [0.29, 0.717) is 21.7 Å². The topological polar surface area (TPSA) is 71.5 Å². The van der Waals surface area contributed by atoms with Gasteiger partial charge in [-0.05, 0) is 0 Å². The first-order valence-electron chi connectivity index (χ1n) is 4.84. The van der Waals surface area contributed by atoms with Crippen molar-refractivity contribution >= 4 is 34.3 Å². The van der Waals surface area contributed by atoms with Gasteiger partial charge in [-0.25, -0.2) is 9.97 Å². The molecule has 0 aromatic carbocycles. The monoisotopic (exact) mass is 296 g/mol. The van der Waals surface area contributed by atoms with Crippen LogP contribution in [0.25, 0.3) is 21.4 Å². The standard InChI is InChI=1S/C10H5ClN4OS2/c11-7-3-17-10(14-7)9-13-5(1-8(16)15-9)6-2-12-4-18-6/h1-4H,(H,13,15,16). The molecule has 3 heterocycles. The summed E-state index contributed by atoms with van der Waals surface area (Å²) in [4.78, 5) is 27.5. The van der Waals surface area contributed by atoms with E-state index in [9.17, 15) is 4.79 Å². The van der Waals surface area contributed by atoms with Crippen molar-refractivity contribution in [3.8, 4) is 21.4 Å². The molecule has 0 saturated heterocycles. The minimum atomic E-state index is -0.227. The Bertz CT molecular complexity index is 734. The van der Waals surface area contributed by atoms with Crippen LogP contribution in [-0.4, -0.2) is 19.9 Å². The van der Waals surface area contributed by atoms with Crippen LogP contribution in [0.1, 0.15) is 0 Å². The van der Waals surface area contributed by atoms with E-state index in [2.05, 4.69) is 19.9 Å². The van der Waals surface area contributed by atoms with E-state index in [1.165, 1.54) is 28.7 Å². The minimum Gasteiger partial charge on any atom is -0.304 e. The molecule has 0 atom stereocenters. The second-order valence-corrected chi connectivity index (χ2v) is 5.45. The van der Waals surface area contributed by atoms with Gasteiger partial charge in [-0.15, -0.1) is 22.7 Å². The Hall–Kier alpha value is -1.57. The molecular weight excluding hydrogens is 292 g/mol. The number of rotatable bonds is 2. The van der Waals surface area contributed by atoms with Gasteiger partial charge < -0.3 is 4.98 Å². The van der Waals surface area contributed by atoms with Crippen LogP contribution in [0.5, 0.6) is 0 Å². The van der Waals surface area contributed by atoms with Gasteiger partial charge in [0, 0.05) is 17.6 Å². The Labute approximate surface area is 114 Å². The zero-order valence-corrected chi connectivity index (χ0v) is 11.1. The average molecular weight is 297 g/mol. The third-order valence-electron chi connectivity index (χ3n) is 2.11. The highest BCUT2D eigenvalue weighted by molar-refractivity contribution is 7.13. The Morgan fingerprint density at radius 1 is 1.28 bits per heavy atom.